The fraction of sp³-hybridized carbons (Fsp3) is 0.769. The SMILES string of the molecule is CCN(CC)CCNCc1n[nH]c2c1CCC2. The molecule has 0 unspecified atom stereocenters. The Morgan fingerprint density at radius 2 is 2.12 bits per heavy atom. The van der Waals surface area contributed by atoms with Gasteiger partial charge < -0.3 is 10.2 Å². The van der Waals surface area contributed by atoms with Crippen LogP contribution in [0.2, 0.25) is 0 Å². The molecule has 2 N–H and O–H groups in total. The van der Waals surface area contributed by atoms with E-state index in [9.17, 15) is 0 Å². The molecule has 1 aromatic heterocycles. The van der Waals surface area contributed by atoms with E-state index in [0.29, 0.717) is 0 Å². The number of fused-ring (bicyclic) bond motifs is 1. The standard InChI is InChI=1S/C13H24N4/c1-3-17(4-2)9-8-14-10-13-11-6-5-7-12(11)15-16-13/h14H,3-10H2,1-2H3,(H,15,16). The van der Waals surface area contributed by atoms with E-state index >= 15 is 0 Å². The lowest BCUT2D eigenvalue weighted by atomic mass is 10.2. The number of rotatable bonds is 7. The van der Waals surface area contributed by atoms with Crippen molar-refractivity contribution in [3.63, 3.8) is 0 Å². The third-order valence-corrected chi connectivity index (χ3v) is 3.68. The number of hydrogen-bond donors (Lipinski definition) is 2. The van der Waals surface area contributed by atoms with Gasteiger partial charge in [0.25, 0.3) is 0 Å². The minimum absolute atomic E-state index is 0.910. The first-order chi connectivity index (χ1) is 8.35. The maximum Gasteiger partial charge on any atom is 0.0794 e. The van der Waals surface area contributed by atoms with Gasteiger partial charge >= 0.3 is 0 Å². The molecular formula is C13H24N4. The summed E-state index contributed by atoms with van der Waals surface area (Å²) in [4.78, 5) is 2.43. The van der Waals surface area contributed by atoms with Gasteiger partial charge in [-0.2, -0.15) is 5.10 Å². The van der Waals surface area contributed by atoms with Crippen LogP contribution in [0.5, 0.6) is 0 Å². The first-order valence-corrected chi connectivity index (χ1v) is 6.83. The highest BCUT2D eigenvalue weighted by Crippen LogP contribution is 2.22. The highest BCUT2D eigenvalue weighted by Gasteiger charge is 2.17. The molecular weight excluding hydrogens is 212 g/mol. The molecule has 0 amide bonds. The molecule has 17 heavy (non-hydrogen) atoms. The molecule has 0 spiro atoms. The Morgan fingerprint density at radius 1 is 1.29 bits per heavy atom. The first-order valence-electron chi connectivity index (χ1n) is 6.83. The number of nitrogens with one attached hydrogen (secondary N) is 2. The van der Waals surface area contributed by atoms with E-state index in [1.54, 1.807) is 0 Å². The molecule has 1 aromatic rings. The summed E-state index contributed by atoms with van der Waals surface area (Å²) < 4.78 is 0. The van der Waals surface area contributed by atoms with Crippen molar-refractivity contribution in [1.82, 2.24) is 20.4 Å². The monoisotopic (exact) mass is 236 g/mol. The van der Waals surface area contributed by atoms with Crippen molar-refractivity contribution in [1.29, 1.82) is 0 Å². The topological polar surface area (TPSA) is 44.0 Å². The maximum atomic E-state index is 4.39. The van der Waals surface area contributed by atoms with Gasteiger partial charge in [-0.05, 0) is 37.9 Å². The average molecular weight is 236 g/mol. The molecule has 0 atom stereocenters. The molecule has 4 nitrogen and oxygen atoms in total. The van der Waals surface area contributed by atoms with Crippen LogP contribution < -0.4 is 5.32 Å². The molecule has 0 saturated heterocycles. The van der Waals surface area contributed by atoms with Crippen LogP contribution in [-0.2, 0) is 19.4 Å². The highest BCUT2D eigenvalue weighted by atomic mass is 15.2. The first kappa shape index (κ1) is 12.6. The third-order valence-electron chi connectivity index (χ3n) is 3.68. The van der Waals surface area contributed by atoms with E-state index in [2.05, 4.69) is 34.3 Å². The predicted molar refractivity (Wildman–Crippen MR) is 70.1 cm³/mol. The van der Waals surface area contributed by atoms with Gasteiger partial charge in [0.15, 0.2) is 0 Å². The summed E-state index contributed by atoms with van der Waals surface area (Å²) in [5.41, 5.74) is 4.07. The highest BCUT2D eigenvalue weighted by molar-refractivity contribution is 5.29. The van der Waals surface area contributed by atoms with Gasteiger partial charge in [-0.1, -0.05) is 13.8 Å². The molecule has 96 valence electrons. The lowest BCUT2D eigenvalue weighted by Gasteiger charge is -2.17. The summed E-state index contributed by atoms with van der Waals surface area (Å²) in [6.07, 6.45) is 3.68. The molecule has 0 radical (unpaired) electrons. The molecule has 0 bridgehead atoms. The second-order valence-corrected chi connectivity index (χ2v) is 4.68. The van der Waals surface area contributed by atoms with Gasteiger partial charge in [-0.3, -0.25) is 5.10 Å². The van der Waals surface area contributed by atoms with Crippen molar-refractivity contribution in [3.05, 3.63) is 17.0 Å². The van der Waals surface area contributed by atoms with E-state index < -0.39 is 0 Å². The molecule has 2 rings (SSSR count). The second-order valence-electron chi connectivity index (χ2n) is 4.68. The zero-order chi connectivity index (χ0) is 12.1. The van der Waals surface area contributed by atoms with Gasteiger partial charge in [-0.15, -0.1) is 0 Å². The van der Waals surface area contributed by atoms with E-state index in [1.807, 2.05) is 0 Å². The zero-order valence-corrected chi connectivity index (χ0v) is 11.1. The van der Waals surface area contributed by atoms with Gasteiger partial charge in [0, 0.05) is 25.3 Å². The lowest BCUT2D eigenvalue weighted by Crippen LogP contribution is -2.31. The van der Waals surface area contributed by atoms with Crippen molar-refractivity contribution in [2.75, 3.05) is 26.2 Å². The van der Waals surface area contributed by atoms with Crippen LogP contribution >= 0.6 is 0 Å². The largest absolute Gasteiger partial charge is 0.310 e. The summed E-state index contributed by atoms with van der Waals surface area (Å²) in [6, 6.07) is 0. The molecule has 0 fully saturated rings. The summed E-state index contributed by atoms with van der Waals surface area (Å²) in [5.74, 6) is 0. The van der Waals surface area contributed by atoms with Crippen LogP contribution in [0.25, 0.3) is 0 Å². The van der Waals surface area contributed by atoms with Crippen LogP contribution in [0.3, 0.4) is 0 Å². The van der Waals surface area contributed by atoms with E-state index in [1.165, 1.54) is 36.2 Å². The molecule has 1 aliphatic rings. The number of aryl methyl sites for hydroxylation is 1. The smallest absolute Gasteiger partial charge is 0.0794 e. The Balaban J connectivity index is 1.71. The summed E-state index contributed by atoms with van der Waals surface area (Å²) in [5, 5.41) is 11.0. The van der Waals surface area contributed by atoms with Crippen molar-refractivity contribution in [2.45, 2.75) is 39.7 Å². The maximum absolute atomic E-state index is 4.39. The van der Waals surface area contributed by atoms with Crippen LogP contribution in [0.1, 0.15) is 37.2 Å². The average Bonchev–Trinajstić information content (AvgIpc) is 2.93. The molecule has 0 aliphatic heterocycles. The van der Waals surface area contributed by atoms with Crippen LogP contribution in [0, 0.1) is 0 Å². The van der Waals surface area contributed by atoms with Crippen molar-refractivity contribution >= 4 is 0 Å². The van der Waals surface area contributed by atoms with Crippen LogP contribution in [-0.4, -0.2) is 41.3 Å². The Bertz CT molecular complexity index is 341. The fourth-order valence-corrected chi connectivity index (χ4v) is 2.52. The Labute approximate surface area is 104 Å². The van der Waals surface area contributed by atoms with Gasteiger partial charge in [0.05, 0.1) is 5.69 Å². The molecule has 0 saturated carbocycles. The normalized spacial score (nSPS) is 14.5. The molecule has 0 aromatic carbocycles. The molecule has 1 aliphatic carbocycles. The lowest BCUT2D eigenvalue weighted by molar-refractivity contribution is 0.302. The van der Waals surface area contributed by atoms with Crippen LogP contribution in [0.15, 0.2) is 0 Å². The summed E-state index contributed by atoms with van der Waals surface area (Å²) >= 11 is 0. The minimum Gasteiger partial charge on any atom is -0.310 e. The Kier molecular flexibility index (Phi) is 4.57. The number of aromatic amines is 1. The van der Waals surface area contributed by atoms with Crippen molar-refractivity contribution < 1.29 is 0 Å². The number of hydrogen-bond acceptors (Lipinski definition) is 3. The van der Waals surface area contributed by atoms with E-state index in [4.69, 9.17) is 0 Å². The van der Waals surface area contributed by atoms with E-state index in [0.717, 1.165) is 32.7 Å². The van der Waals surface area contributed by atoms with Crippen LogP contribution in [0.4, 0.5) is 0 Å². The van der Waals surface area contributed by atoms with Crippen molar-refractivity contribution in [3.8, 4) is 0 Å². The summed E-state index contributed by atoms with van der Waals surface area (Å²) in [7, 11) is 0. The molecule has 4 heteroatoms. The van der Waals surface area contributed by atoms with E-state index in [-0.39, 0.29) is 0 Å². The van der Waals surface area contributed by atoms with Gasteiger partial charge in [-0.25, -0.2) is 0 Å². The van der Waals surface area contributed by atoms with Crippen molar-refractivity contribution in [2.24, 2.45) is 0 Å². The van der Waals surface area contributed by atoms with Gasteiger partial charge in [0.1, 0.15) is 0 Å². The molecule has 1 heterocycles. The number of aromatic nitrogens is 2. The quantitative estimate of drug-likeness (QED) is 0.702. The van der Waals surface area contributed by atoms with Gasteiger partial charge in [0.2, 0.25) is 0 Å². The fourth-order valence-electron chi connectivity index (χ4n) is 2.52. The Hall–Kier alpha value is -0.870. The Morgan fingerprint density at radius 3 is 2.88 bits per heavy atom. The summed E-state index contributed by atoms with van der Waals surface area (Å²) in [6.45, 7) is 9.77. The zero-order valence-electron chi connectivity index (χ0n) is 11.1. The third kappa shape index (κ3) is 3.07. The second kappa shape index (κ2) is 6.17. The number of likely N-dealkylation sites (N-methyl/N-ethyl adjacent to an activating group) is 1. The number of nitrogens with zero attached hydrogens (tertiary/aromatic N) is 2. The predicted octanol–water partition coefficient (Wildman–Crippen LogP) is 1.33. The minimum atomic E-state index is 0.910. The number of H-pyrrole nitrogens is 1.